The van der Waals surface area contributed by atoms with Crippen molar-refractivity contribution >= 4 is 38.1 Å². The summed E-state index contributed by atoms with van der Waals surface area (Å²) in [6, 6.07) is 27.9. The van der Waals surface area contributed by atoms with Gasteiger partial charge < -0.3 is 10.1 Å². The molecule has 1 N–H and O–H groups in total. The van der Waals surface area contributed by atoms with Gasteiger partial charge in [-0.15, -0.1) is 34.9 Å². The van der Waals surface area contributed by atoms with E-state index in [2.05, 4.69) is 100 Å². The van der Waals surface area contributed by atoms with Crippen LogP contribution in [0.5, 0.6) is 0 Å². The summed E-state index contributed by atoms with van der Waals surface area (Å²) in [4.78, 5) is 15.8. The molecule has 5 aromatic rings. The molecule has 42 heavy (non-hydrogen) atoms. The number of fused-ring (bicyclic) bond motifs is 5. The van der Waals surface area contributed by atoms with E-state index in [1.807, 2.05) is 33.9 Å². The number of allylic oxidation sites excluding steroid dienone is 2. The van der Waals surface area contributed by atoms with E-state index in [0.29, 0.717) is 11.8 Å². The number of pyridine rings is 1. The number of hydrogen-bond donors (Lipinski definition) is 1. The zero-order valence-electron chi connectivity index (χ0n) is 26.0. The van der Waals surface area contributed by atoms with Crippen LogP contribution >= 0.6 is 0 Å². The molecule has 0 aliphatic rings. The molecule has 0 unspecified atom stereocenters. The topological polar surface area (TPSA) is 50.2 Å². The molecule has 0 bridgehead atoms. The molecule has 0 amide bonds. The van der Waals surface area contributed by atoms with Crippen molar-refractivity contribution in [2.24, 2.45) is 11.8 Å². The maximum atomic E-state index is 11.0. The maximum absolute atomic E-state index is 11.0. The van der Waals surface area contributed by atoms with E-state index >= 15 is 0 Å². The number of aliphatic hydroxyl groups excluding tert-OH is 1. The third-order valence-electron chi connectivity index (χ3n) is 7.57. The number of ketones is 1. The van der Waals surface area contributed by atoms with Crippen LogP contribution in [0.25, 0.3) is 43.6 Å². The quantitative estimate of drug-likeness (QED) is 0.0817. The third-order valence-corrected chi connectivity index (χ3v) is 7.57. The van der Waals surface area contributed by atoms with Crippen molar-refractivity contribution in [2.75, 3.05) is 0 Å². The molecule has 0 spiro atoms. The average molecular weight is 737 g/mol. The van der Waals surface area contributed by atoms with Gasteiger partial charge in [0.2, 0.25) is 0 Å². The standard InChI is InChI=1S/C29H26N.C9H16O2.Ir/c1-18(2)21-15-22(19(3)4)17-23(16-21)29-28-12-11-25-24-8-6-5-7-20(24)9-10-26(25)27(28)13-14-30-29;1-6(2)8(10)5-9(11)7(3)4;/h5-16,18-19H,1-4H3;5-7,10H,1-4H3;/q-1;;/b;8-5-;. The summed E-state index contributed by atoms with van der Waals surface area (Å²) >= 11 is 0. The Morgan fingerprint density at radius 1 is 0.738 bits per heavy atom. The molecule has 0 fully saturated rings. The van der Waals surface area contributed by atoms with Crippen LogP contribution in [-0.2, 0) is 24.9 Å². The Balaban J connectivity index is 0.000000347. The minimum absolute atomic E-state index is 0. The van der Waals surface area contributed by atoms with Gasteiger partial charge in [-0.25, -0.2) is 0 Å². The normalized spacial score (nSPS) is 11.9. The molecule has 4 aromatic carbocycles. The summed E-state index contributed by atoms with van der Waals surface area (Å²) in [6.07, 6.45) is 3.26. The first-order valence-electron chi connectivity index (χ1n) is 14.7. The predicted molar refractivity (Wildman–Crippen MR) is 175 cm³/mol. The number of nitrogens with zero attached hydrogens (tertiary/aromatic N) is 1. The van der Waals surface area contributed by atoms with Crippen molar-refractivity contribution in [3.05, 3.63) is 102 Å². The molecule has 0 saturated carbocycles. The third kappa shape index (κ3) is 7.35. The summed E-state index contributed by atoms with van der Waals surface area (Å²) < 4.78 is 0. The first-order valence-corrected chi connectivity index (χ1v) is 14.7. The van der Waals surface area contributed by atoms with Crippen LogP contribution in [0, 0.1) is 17.9 Å². The summed E-state index contributed by atoms with van der Waals surface area (Å²) in [5.74, 6) is 1.07. The summed E-state index contributed by atoms with van der Waals surface area (Å²) in [5.41, 5.74) is 4.71. The second-order valence-electron chi connectivity index (χ2n) is 12.1. The smallest absolute Gasteiger partial charge is 0.161 e. The van der Waals surface area contributed by atoms with Gasteiger partial charge in [0.05, 0.1) is 5.76 Å². The van der Waals surface area contributed by atoms with Gasteiger partial charge in [-0.3, -0.25) is 4.79 Å². The van der Waals surface area contributed by atoms with Crippen LogP contribution in [-0.4, -0.2) is 15.9 Å². The average Bonchev–Trinajstić information content (AvgIpc) is 2.96. The van der Waals surface area contributed by atoms with Crippen molar-refractivity contribution in [3.63, 3.8) is 0 Å². The van der Waals surface area contributed by atoms with Crippen LogP contribution < -0.4 is 0 Å². The van der Waals surface area contributed by atoms with Crippen LogP contribution in [0.2, 0.25) is 0 Å². The number of benzene rings is 4. The molecule has 3 nitrogen and oxygen atoms in total. The monoisotopic (exact) mass is 737 g/mol. The minimum Gasteiger partial charge on any atom is -0.512 e. The van der Waals surface area contributed by atoms with Gasteiger partial charge in [-0.1, -0.05) is 104 Å². The number of rotatable bonds is 6. The fourth-order valence-electron chi connectivity index (χ4n) is 4.83. The fraction of sp³-hybridized carbons (Fsp3) is 0.316. The SMILES string of the molecule is CC(C)C(=O)/C=C(\O)C(C)C.CC(C)c1[c-]c(-c2nccc3c2ccc2c4ccccc4ccc32)cc(C(C)C)c1.[Ir]. The van der Waals surface area contributed by atoms with E-state index in [-0.39, 0.29) is 43.5 Å². The molecular weight excluding hydrogens is 695 g/mol. The molecule has 221 valence electrons. The summed E-state index contributed by atoms with van der Waals surface area (Å²) in [6.45, 7) is 16.3. The van der Waals surface area contributed by atoms with Crippen LogP contribution in [0.1, 0.15) is 78.4 Å². The Kier molecular flexibility index (Phi) is 11.2. The van der Waals surface area contributed by atoms with Gasteiger partial charge in [0.1, 0.15) is 0 Å². The van der Waals surface area contributed by atoms with Gasteiger partial charge in [0.25, 0.3) is 0 Å². The van der Waals surface area contributed by atoms with E-state index in [1.165, 1.54) is 49.5 Å². The van der Waals surface area contributed by atoms with Gasteiger partial charge in [0, 0.05) is 44.2 Å². The van der Waals surface area contributed by atoms with Crippen molar-refractivity contribution in [1.29, 1.82) is 0 Å². The van der Waals surface area contributed by atoms with E-state index in [4.69, 9.17) is 4.98 Å². The van der Waals surface area contributed by atoms with Crippen LogP contribution in [0.3, 0.4) is 0 Å². The Morgan fingerprint density at radius 2 is 1.36 bits per heavy atom. The van der Waals surface area contributed by atoms with Crippen LogP contribution in [0.15, 0.2) is 84.8 Å². The zero-order valence-corrected chi connectivity index (χ0v) is 28.3. The second kappa shape index (κ2) is 14.2. The molecule has 1 radical (unpaired) electrons. The molecule has 0 aliphatic heterocycles. The Bertz CT molecular complexity index is 1700. The number of hydrogen-bond acceptors (Lipinski definition) is 3. The van der Waals surface area contributed by atoms with Gasteiger partial charge >= 0.3 is 0 Å². The molecular formula is C38H42IrNO2-. The minimum atomic E-state index is -0.0316. The number of carbonyl (C=O) groups is 1. The van der Waals surface area contributed by atoms with E-state index in [1.54, 1.807) is 0 Å². The molecule has 0 aliphatic carbocycles. The summed E-state index contributed by atoms with van der Waals surface area (Å²) in [7, 11) is 0. The first-order chi connectivity index (χ1) is 19.5. The largest absolute Gasteiger partial charge is 0.512 e. The Labute approximate surface area is 264 Å². The molecule has 1 aromatic heterocycles. The molecule has 0 saturated heterocycles. The van der Waals surface area contributed by atoms with E-state index < -0.39 is 0 Å². The van der Waals surface area contributed by atoms with Crippen molar-refractivity contribution in [1.82, 2.24) is 4.98 Å². The molecule has 5 rings (SSSR count). The van der Waals surface area contributed by atoms with Crippen molar-refractivity contribution < 1.29 is 30.0 Å². The van der Waals surface area contributed by atoms with Crippen molar-refractivity contribution in [3.8, 4) is 11.3 Å². The first kappa shape index (κ1) is 33.2. The Hall–Kier alpha value is -3.33. The van der Waals surface area contributed by atoms with Gasteiger partial charge in [-0.2, -0.15) is 0 Å². The van der Waals surface area contributed by atoms with Crippen LogP contribution in [0.4, 0.5) is 0 Å². The maximum Gasteiger partial charge on any atom is 0.161 e. The second-order valence-corrected chi connectivity index (χ2v) is 12.1. The molecule has 4 heteroatoms. The van der Waals surface area contributed by atoms with Gasteiger partial charge in [0.15, 0.2) is 5.78 Å². The summed E-state index contributed by atoms with van der Waals surface area (Å²) in [5, 5.41) is 16.8. The number of aliphatic hydroxyl groups is 1. The van der Waals surface area contributed by atoms with Crippen molar-refractivity contribution in [2.45, 2.75) is 67.2 Å². The fourth-order valence-corrected chi connectivity index (χ4v) is 4.83. The predicted octanol–water partition coefficient (Wildman–Crippen LogP) is 10.6. The number of aromatic nitrogens is 1. The molecule has 0 atom stereocenters. The Morgan fingerprint density at radius 3 is 2.00 bits per heavy atom. The molecule has 1 heterocycles. The zero-order chi connectivity index (χ0) is 29.8. The number of carbonyl (C=O) groups excluding carboxylic acids is 1. The van der Waals surface area contributed by atoms with E-state index in [9.17, 15) is 9.90 Å². The van der Waals surface area contributed by atoms with Gasteiger partial charge in [-0.05, 0) is 55.9 Å². The van der Waals surface area contributed by atoms with E-state index in [0.717, 1.165) is 11.3 Å².